The summed E-state index contributed by atoms with van der Waals surface area (Å²) >= 11 is 0. The molecule has 1 aliphatic rings. The summed E-state index contributed by atoms with van der Waals surface area (Å²) < 4.78 is 17.0. The Kier molecular flexibility index (Phi) is 6.27. The summed E-state index contributed by atoms with van der Waals surface area (Å²) in [4.78, 5) is 27.9. The van der Waals surface area contributed by atoms with Crippen molar-refractivity contribution in [2.45, 2.75) is 6.61 Å². The number of anilines is 1. The molecule has 7 nitrogen and oxygen atoms in total. The van der Waals surface area contributed by atoms with Gasteiger partial charge < -0.3 is 24.1 Å². The van der Waals surface area contributed by atoms with Gasteiger partial charge in [0.05, 0.1) is 13.2 Å². The number of furan rings is 1. The Balaban J connectivity index is 1.34. The van der Waals surface area contributed by atoms with Gasteiger partial charge in [-0.1, -0.05) is 42.5 Å². The van der Waals surface area contributed by atoms with Crippen LogP contribution in [-0.2, 0) is 11.3 Å². The van der Waals surface area contributed by atoms with Gasteiger partial charge in [0, 0.05) is 24.0 Å². The molecule has 0 atom stereocenters. The number of morpholine rings is 1. The van der Waals surface area contributed by atoms with Crippen LogP contribution in [-0.4, -0.2) is 43.0 Å². The van der Waals surface area contributed by atoms with Crippen molar-refractivity contribution in [2.75, 3.05) is 31.6 Å². The van der Waals surface area contributed by atoms with Crippen LogP contribution in [0.1, 0.15) is 26.5 Å². The van der Waals surface area contributed by atoms with Gasteiger partial charge in [-0.2, -0.15) is 0 Å². The van der Waals surface area contributed by atoms with Crippen molar-refractivity contribution >= 4 is 28.5 Å². The third-order valence-corrected chi connectivity index (χ3v) is 5.69. The normalized spacial score (nSPS) is 13.6. The van der Waals surface area contributed by atoms with Gasteiger partial charge in [-0.25, -0.2) is 0 Å². The van der Waals surface area contributed by atoms with E-state index in [4.69, 9.17) is 13.9 Å². The third kappa shape index (κ3) is 4.65. The maximum Gasteiger partial charge on any atom is 0.291 e. The molecule has 0 radical (unpaired) electrons. The molecular formula is C27H24N2O5. The lowest BCUT2D eigenvalue weighted by atomic mass is 10.1. The second-order valence-electron chi connectivity index (χ2n) is 7.96. The van der Waals surface area contributed by atoms with Crippen molar-refractivity contribution in [3.8, 4) is 5.75 Å². The number of rotatable bonds is 6. The van der Waals surface area contributed by atoms with Gasteiger partial charge in [-0.3, -0.25) is 9.59 Å². The van der Waals surface area contributed by atoms with Crippen LogP contribution in [0.3, 0.4) is 0 Å². The van der Waals surface area contributed by atoms with Crippen LogP contribution in [0.25, 0.3) is 11.0 Å². The van der Waals surface area contributed by atoms with Crippen LogP contribution in [0, 0.1) is 0 Å². The van der Waals surface area contributed by atoms with Crippen LogP contribution in [0.2, 0.25) is 0 Å². The average Bonchev–Trinajstić information content (AvgIpc) is 3.26. The van der Waals surface area contributed by atoms with Crippen molar-refractivity contribution in [2.24, 2.45) is 0 Å². The second-order valence-corrected chi connectivity index (χ2v) is 7.96. The van der Waals surface area contributed by atoms with E-state index in [2.05, 4.69) is 5.32 Å². The van der Waals surface area contributed by atoms with Crippen molar-refractivity contribution in [1.29, 1.82) is 0 Å². The molecule has 0 bridgehead atoms. The van der Waals surface area contributed by atoms with E-state index in [-0.39, 0.29) is 17.6 Å². The van der Waals surface area contributed by atoms with E-state index in [1.54, 1.807) is 23.1 Å². The number of carbonyl (C=O) groups excluding carboxylic acids is 2. The molecule has 2 heterocycles. The van der Waals surface area contributed by atoms with Gasteiger partial charge in [-0.05, 0) is 42.0 Å². The Morgan fingerprint density at radius 1 is 0.882 bits per heavy atom. The van der Waals surface area contributed by atoms with Gasteiger partial charge >= 0.3 is 0 Å². The lowest BCUT2D eigenvalue weighted by Gasteiger charge is -2.26. The van der Waals surface area contributed by atoms with Crippen molar-refractivity contribution in [3.63, 3.8) is 0 Å². The molecule has 0 aliphatic carbocycles. The number of nitrogens with one attached hydrogen (secondary N) is 1. The van der Waals surface area contributed by atoms with Crippen LogP contribution in [0.5, 0.6) is 5.75 Å². The minimum atomic E-state index is -0.321. The fourth-order valence-electron chi connectivity index (χ4n) is 3.85. The molecule has 7 heteroatoms. The zero-order valence-electron chi connectivity index (χ0n) is 18.5. The van der Waals surface area contributed by atoms with Gasteiger partial charge in [-0.15, -0.1) is 0 Å². The molecule has 1 fully saturated rings. The summed E-state index contributed by atoms with van der Waals surface area (Å²) in [5, 5.41) is 3.59. The Labute approximate surface area is 196 Å². The molecule has 34 heavy (non-hydrogen) atoms. The van der Waals surface area contributed by atoms with E-state index < -0.39 is 0 Å². The Morgan fingerprint density at radius 2 is 1.59 bits per heavy atom. The van der Waals surface area contributed by atoms with Gasteiger partial charge in [0.2, 0.25) is 5.76 Å². The van der Waals surface area contributed by atoms with E-state index in [1.165, 1.54) is 0 Å². The Bertz CT molecular complexity index is 1290. The molecule has 1 N–H and O–H groups in total. The molecule has 1 aliphatic heterocycles. The summed E-state index contributed by atoms with van der Waals surface area (Å²) in [5.74, 6) is 0.333. The SMILES string of the molecule is O=C(Nc1c(C(=O)N2CCOCC2)oc2ccccc12)c1ccc(COc2ccccc2)cc1. The first-order valence-corrected chi connectivity index (χ1v) is 11.2. The number of benzene rings is 3. The molecule has 5 rings (SSSR count). The number of carbonyl (C=O) groups is 2. The zero-order valence-corrected chi connectivity index (χ0v) is 18.5. The first-order valence-electron chi connectivity index (χ1n) is 11.2. The van der Waals surface area contributed by atoms with Crippen LogP contribution >= 0.6 is 0 Å². The van der Waals surface area contributed by atoms with Crippen LogP contribution in [0.4, 0.5) is 5.69 Å². The summed E-state index contributed by atoms with van der Waals surface area (Å²) in [7, 11) is 0. The lowest BCUT2D eigenvalue weighted by Crippen LogP contribution is -2.40. The number of ether oxygens (including phenoxy) is 2. The van der Waals surface area contributed by atoms with Gasteiger partial charge in [0.1, 0.15) is 23.6 Å². The van der Waals surface area contributed by atoms with Crippen molar-refractivity contribution in [1.82, 2.24) is 4.90 Å². The molecule has 1 saturated heterocycles. The molecule has 0 saturated carbocycles. The summed E-state index contributed by atoms with van der Waals surface area (Å²) in [6, 6.07) is 24.0. The lowest BCUT2D eigenvalue weighted by molar-refractivity contribution is 0.0285. The standard InChI is InChI=1S/C27H24N2O5/c30-26(20-12-10-19(11-13-20)18-33-21-6-2-1-3-7-21)28-24-22-8-4-5-9-23(22)34-25(24)27(31)29-14-16-32-17-15-29/h1-13H,14-18H2,(H,28,30). The fourth-order valence-corrected chi connectivity index (χ4v) is 3.85. The topological polar surface area (TPSA) is 81.0 Å². The van der Waals surface area contributed by atoms with E-state index in [1.807, 2.05) is 60.7 Å². The first kappa shape index (κ1) is 21.7. The smallest absolute Gasteiger partial charge is 0.291 e. The summed E-state index contributed by atoms with van der Waals surface area (Å²) in [6.07, 6.45) is 0. The minimum Gasteiger partial charge on any atom is -0.489 e. The largest absolute Gasteiger partial charge is 0.489 e. The molecule has 0 unspecified atom stereocenters. The predicted octanol–water partition coefficient (Wildman–Crippen LogP) is 4.74. The van der Waals surface area contributed by atoms with Crippen molar-refractivity contribution < 1.29 is 23.5 Å². The predicted molar refractivity (Wildman–Crippen MR) is 128 cm³/mol. The summed E-state index contributed by atoms with van der Waals surface area (Å²) in [6.45, 7) is 2.32. The fraction of sp³-hybridized carbons (Fsp3) is 0.185. The highest BCUT2D eigenvalue weighted by Crippen LogP contribution is 2.32. The number of fused-ring (bicyclic) bond motifs is 1. The summed E-state index contributed by atoms with van der Waals surface area (Å²) in [5.41, 5.74) is 2.34. The quantitative estimate of drug-likeness (QED) is 0.453. The number of para-hydroxylation sites is 2. The first-order chi connectivity index (χ1) is 16.7. The monoisotopic (exact) mass is 456 g/mol. The highest BCUT2D eigenvalue weighted by Gasteiger charge is 2.27. The average molecular weight is 456 g/mol. The molecular weight excluding hydrogens is 432 g/mol. The minimum absolute atomic E-state index is 0.129. The maximum atomic E-state index is 13.2. The number of hydrogen-bond donors (Lipinski definition) is 1. The van der Waals surface area contributed by atoms with E-state index in [9.17, 15) is 9.59 Å². The number of hydrogen-bond acceptors (Lipinski definition) is 5. The molecule has 4 aromatic rings. The van der Waals surface area contributed by atoms with Crippen molar-refractivity contribution in [3.05, 3.63) is 95.7 Å². The van der Waals surface area contributed by atoms with Crippen LogP contribution in [0.15, 0.2) is 83.3 Å². The highest BCUT2D eigenvalue weighted by molar-refractivity contribution is 6.14. The molecule has 3 aromatic carbocycles. The highest BCUT2D eigenvalue weighted by atomic mass is 16.5. The van der Waals surface area contributed by atoms with E-state index in [0.717, 1.165) is 11.3 Å². The number of amides is 2. The molecule has 2 amide bonds. The zero-order chi connectivity index (χ0) is 23.3. The Hall–Kier alpha value is -4.10. The van der Waals surface area contributed by atoms with Gasteiger partial charge in [0.25, 0.3) is 11.8 Å². The van der Waals surface area contributed by atoms with E-state index in [0.29, 0.717) is 55.1 Å². The maximum absolute atomic E-state index is 13.2. The third-order valence-electron chi connectivity index (χ3n) is 5.69. The van der Waals surface area contributed by atoms with Crippen LogP contribution < -0.4 is 10.1 Å². The second kappa shape index (κ2) is 9.80. The van der Waals surface area contributed by atoms with Gasteiger partial charge in [0.15, 0.2) is 0 Å². The van der Waals surface area contributed by atoms with E-state index >= 15 is 0 Å². The molecule has 172 valence electrons. The molecule has 0 spiro atoms. The number of nitrogens with zero attached hydrogens (tertiary/aromatic N) is 1. The Morgan fingerprint density at radius 3 is 2.35 bits per heavy atom. The molecule has 1 aromatic heterocycles.